The number of aliphatic imine (C=N–C) groups is 1. The SMILES string of the molecule is CSCCC(NC(=O)C(CCCCN)NC(=O)CNC(=O)C(N)CCCN=C(N)N)C(=O)O. The maximum Gasteiger partial charge on any atom is 0.326 e. The highest BCUT2D eigenvalue weighted by Gasteiger charge is 2.26. The van der Waals surface area contributed by atoms with Crippen LogP contribution in [0.5, 0.6) is 0 Å². The van der Waals surface area contributed by atoms with E-state index in [2.05, 4.69) is 20.9 Å². The highest BCUT2D eigenvalue weighted by Crippen LogP contribution is 2.05. The lowest BCUT2D eigenvalue weighted by molar-refractivity contribution is -0.142. The maximum absolute atomic E-state index is 12.6. The summed E-state index contributed by atoms with van der Waals surface area (Å²) in [5, 5.41) is 16.8. The van der Waals surface area contributed by atoms with E-state index < -0.39 is 41.8 Å². The minimum Gasteiger partial charge on any atom is -0.480 e. The second-order valence-corrected chi connectivity index (χ2v) is 8.34. The van der Waals surface area contributed by atoms with Crippen LogP contribution in [-0.4, -0.2) is 84.5 Å². The van der Waals surface area contributed by atoms with Crippen LogP contribution in [0.15, 0.2) is 4.99 Å². The molecule has 0 spiro atoms. The molecule has 0 aliphatic carbocycles. The molecule has 0 radical (unpaired) electrons. The monoisotopic (exact) mass is 490 g/mol. The van der Waals surface area contributed by atoms with E-state index in [1.54, 1.807) is 0 Å². The Morgan fingerprint density at radius 1 is 0.970 bits per heavy atom. The quantitative estimate of drug-likeness (QED) is 0.0566. The molecule has 0 aromatic rings. The molecular formula is C19H38N8O5S. The first-order valence-electron chi connectivity index (χ1n) is 10.7. The Morgan fingerprint density at radius 3 is 2.24 bits per heavy atom. The first-order valence-corrected chi connectivity index (χ1v) is 12.1. The molecule has 0 fully saturated rings. The number of thioether (sulfide) groups is 1. The summed E-state index contributed by atoms with van der Waals surface area (Å²) < 4.78 is 0. The van der Waals surface area contributed by atoms with Crippen molar-refractivity contribution in [2.24, 2.45) is 27.9 Å². The van der Waals surface area contributed by atoms with E-state index >= 15 is 0 Å². The molecule has 14 heteroatoms. The lowest BCUT2D eigenvalue weighted by atomic mass is 10.1. The summed E-state index contributed by atoms with van der Waals surface area (Å²) >= 11 is 1.46. The smallest absolute Gasteiger partial charge is 0.326 e. The van der Waals surface area contributed by atoms with Gasteiger partial charge in [-0.05, 0) is 57.1 Å². The third-order valence-corrected chi connectivity index (χ3v) is 5.20. The number of nitrogens with zero attached hydrogens (tertiary/aromatic N) is 1. The molecule has 13 nitrogen and oxygen atoms in total. The number of nitrogens with one attached hydrogen (secondary N) is 3. The van der Waals surface area contributed by atoms with Crippen LogP contribution in [0, 0.1) is 0 Å². The largest absolute Gasteiger partial charge is 0.480 e. The number of nitrogens with two attached hydrogens (primary N) is 4. The minimum absolute atomic E-state index is 0.0475. The number of aliphatic carboxylic acids is 1. The normalized spacial score (nSPS) is 13.3. The summed E-state index contributed by atoms with van der Waals surface area (Å²) in [6, 6.07) is -2.86. The summed E-state index contributed by atoms with van der Waals surface area (Å²) in [6.07, 6.45) is 4.38. The van der Waals surface area contributed by atoms with Crippen molar-refractivity contribution in [3.63, 3.8) is 0 Å². The van der Waals surface area contributed by atoms with Gasteiger partial charge in [-0.3, -0.25) is 19.4 Å². The molecule has 3 amide bonds. The number of unbranched alkanes of at least 4 members (excludes halogenated alkanes) is 1. The Bertz CT molecular complexity index is 660. The molecule has 0 aromatic carbocycles. The fraction of sp³-hybridized carbons (Fsp3) is 0.737. The Hall–Kier alpha value is -2.58. The molecule has 0 aliphatic heterocycles. The van der Waals surface area contributed by atoms with Gasteiger partial charge in [0.15, 0.2) is 5.96 Å². The molecular weight excluding hydrogens is 452 g/mol. The third-order valence-electron chi connectivity index (χ3n) is 4.55. The number of carboxylic acid groups (broad SMARTS) is 1. The van der Waals surface area contributed by atoms with Crippen LogP contribution in [-0.2, 0) is 19.2 Å². The second-order valence-electron chi connectivity index (χ2n) is 7.36. The zero-order valence-electron chi connectivity index (χ0n) is 19.0. The number of hydrogen-bond donors (Lipinski definition) is 8. The van der Waals surface area contributed by atoms with Crippen molar-refractivity contribution < 1.29 is 24.3 Å². The fourth-order valence-corrected chi connectivity index (χ4v) is 3.19. The van der Waals surface area contributed by atoms with E-state index in [0.29, 0.717) is 44.5 Å². The van der Waals surface area contributed by atoms with Crippen molar-refractivity contribution >= 4 is 41.4 Å². The number of carbonyl (C=O) groups excluding carboxylic acids is 3. The number of rotatable bonds is 18. The van der Waals surface area contributed by atoms with E-state index in [4.69, 9.17) is 22.9 Å². The Morgan fingerprint density at radius 2 is 1.67 bits per heavy atom. The van der Waals surface area contributed by atoms with Crippen molar-refractivity contribution in [3.8, 4) is 0 Å². The Kier molecular flexibility index (Phi) is 16.5. The molecule has 0 bridgehead atoms. The van der Waals surface area contributed by atoms with E-state index in [0.717, 1.165) is 0 Å². The third kappa shape index (κ3) is 15.0. The van der Waals surface area contributed by atoms with Crippen molar-refractivity contribution in [3.05, 3.63) is 0 Å². The molecule has 3 atom stereocenters. The highest BCUT2D eigenvalue weighted by molar-refractivity contribution is 7.98. The molecule has 0 saturated carbocycles. The van der Waals surface area contributed by atoms with Crippen LogP contribution >= 0.6 is 11.8 Å². The zero-order valence-corrected chi connectivity index (χ0v) is 19.9. The van der Waals surface area contributed by atoms with E-state index in [9.17, 15) is 24.3 Å². The van der Waals surface area contributed by atoms with Crippen LogP contribution in [0.3, 0.4) is 0 Å². The van der Waals surface area contributed by atoms with Crippen LogP contribution < -0.4 is 38.9 Å². The van der Waals surface area contributed by atoms with E-state index in [-0.39, 0.29) is 25.3 Å². The highest BCUT2D eigenvalue weighted by atomic mass is 32.2. The van der Waals surface area contributed by atoms with Crippen molar-refractivity contribution in [2.45, 2.75) is 56.7 Å². The zero-order chi connectivity index (χ0) is 25.2. The molecule has 3 unspecified atom stereocenters. The van der Waals surface area contributed by atoms with Gasteiger partial charge in [0.05, 0.1) is 12.6 Å². The summed E-state index contributed by atoms with van der Waals surface area (Å²) in [7, 11) is 0. The number of carboxylic acids is 1. The molecule has 0 aromatic heterocycles. The van der Waals surface area contributed by atoms with Crippen LogP contribution in [0.25, 0.3) is 0 Å². The van der Waals surface area contributed by atoms with E-state index in [1.807, 2.05) is 6.26 Å². The second kappa shape index (κ2) is 17.9. The lowest BCUT2D eigenvalue weighted by Crippen LogP contribution is -2.53. The fourth-order valence-electron chi connectivity index (χ4n) is 2.72. The standard InChI is InChI=1S/C19H38N8O5S/c1-33-10-7-14(18(31)32)27-17(30)13(6-2-3-8-20)26-15(28)11-25-16(29)12(21)5-4-9-24-19(22)23/h12-14H,2-11,20-21H2,1H3,(H,25,29)(H,26,28)(H,27,30)(H,31,32)(H4,22,23,24). The summed E-state index contributed by atoms with van der Waals surface area (Å²) in [5.41, 5.74) is 21.7. The molecule has 0 saturated heterocycles. The number of carbonyl (C=O) groups is 4. The summed E-state index contributed by atoms with van der Waals surface area (Å²) in [5.74, 6) is -2.36. The van der Waals surface area contributed by atoms with Gasteiger partial charge in [0.1, 0.15) is 12.1 Å². The minimum atomic E-state index is -1.15. The van der Waals surface area contributed by atoms with Gasteiger partial charge in [0.2, 0.25) is 17.7 Å². The van der Waals surface area contributed by atoms with Gasteiger partial charge in [-0.1, -0.05) is 0 Å². The van der Waals surface area contributed by atoms with Crippen molar-refractivity contribution in [1.29, 1.82) is 0 Å². The molecule has 0 rings (SSSR count). The molecule has 0 aliphatic rings. The van der Waals surface area contributed by atoms with Gasteiger partial charge in [0.25, 0.3) is 0 Å². The van der Waals surface area contributed by atoms with Crippen LogP contribution in [0.4, 0.5) is 0 Å². The van der Waals surface area contributed by atoms with Crippen molar-refractivity contribution in [1.82, 2.24) is 16.0 Å². The molecule has 12 N–H and O–H groups in total. The van der Waals surface area contributed by atoms with Crippen LogP contribution in [0.2, 0.25) is 0 Å². The van der Waals surface area contributed by atoms with Gasteiger partial charge in [-0.15, -0.1) is 0 Å². The average Bonchev–Trinajstić information content (AvgIpc) is 2.76. The number of amides is 3. The van der Waals surface area contributed by atoms with Crippen molar-refractivity contribution in [2.75, 3.05) is 31.6 Å². The van der Waals surface area contributed by atoms with Gasteiger partial charge in [-0.25, -0.2) is 4.79 Å². The average molecular weight is 491 g/mol. The summed E-state index contributed by atoms with van der Waals surface area (Å²) in [6.45, 7) is 0.374. The van der Waals surface area contributed by atoms with Gasteiger partial charge in [0, 0.05) is 6.54 Å². The van der Waals surface area contributed by atoms with Gasteiger partial charge >= 0.3 is 5.97 Å². The Labute approximate surface area is 198 Å². The predicted molar refractivity (Wildman–Crippen MR) is 128 cm³/mol. The predicted octanol–water partition coefficient (Wildman–Crippen LogP) is -2.58. The molecule has 190 valence electrons. The maximum atomic E-state index is 12.6. The number of hydrogen-bond acceptors (Lipinski definition) is 8. The van der Waals surface area contributed by atoms with Gasteiger partial charge in [-0.2, -0.15) is 11.8 Å². The molecule has 0 heterocycles. The van der Waals surface area contributed by atoms with Crippen LogP contribution in [0.1, 0.15) is 38.5 Å². The Balaban J connectivity index is 4.77. The topological polar surface area (TPSA) is 241 Å². The molecule has 33 heavy (non-hydrogen) atoms. The summed E-state index contributed by atoms with van der Waals surface area (Å²) in [4.78, 5) is 52.2. The first-order chi connectivity index (χ1) is 15.6. The first kappa shape index (κ1) is 30.4. The lowest BCUT2D eigenvalue weighted by Gasteiger charge is -2.21. The van der Waals surface area contributed by atoms with E-state index in [1.165, 1.54) is 11.8 Å². The van der Waals surface area contributed by atoms with Gasteiger partial charge < -0.3 is 44.0 Å². The number of guanidine groups is 1.